The van der Waals surface area contributed by atoms with Crippen molar-refractivity contribution in [3.63, 3.8) is 0 Å². The normalized spacial score (nSPS) is 22.2. The maximum atomic E-state index is 2.46. The van der Waals surface area contributed by atoms with Gasteiger partial charge in [-0.2, -0.15) is 11.6 Å². The van der Waals surface area contributed by atoms with E-state index in [9.17, 15) is 0 Å². The molecule has 1 aliphatic rings. The van der Waals surface area contributed by atoms with Gasteiger partial charge in [0.15, 0.2) is 0 Å². The highest BCUT2D eigenvalue weighted by Crippen LogP contribution is 2.29. The van der Waals surface area contributed by atoms with E-state index >= 15 is 0 Å². The molecule has 0 spiro atoms. The van der Waals surface area contributed by atoms with Gasteiger partial charge < -0.3 is 0 Å². The summed E-state index contributed by atoms with van der Waals surface area (Å²) in [7, 11) is 0. The van der Waals surface area contributed by atoms with Crippen LogP contribution >= 0.6 is 34.0 Å². The van der Waals surface area contributed by atoms with Crippen LogP contribution in [0.1, 0.15) is 0 Å². The van der Waals surface area contributed by atoms with Crippen LogP contribution in [0.5, 0.6) is 0 Å². The molecule has 1 aliphatic heterocycles. The smallest absolute Gasteiger partial charge is 0.196 e. The van der Waals surface area contributed by atoms with Crippen LogP contribution in [0.25, 0.3) is 0 Å². The highest BCUT2D eigenvalue weighted by molar-refractivity contribution is 14.1. The average Bonchev–Trinajstić information content (AvgIpc) is 1.30. The largest absolute Gasteiger partial charge is 0.282 e. The van der Waals surface area contributed by atoms with Gasteiger partial charge in [0.1, 0.15) is 0 Å². The van der Waals surface area contributed by atoms with E-state index in [1.165, 1.54) is 12.1 Å². The molecule has 0 bridgehead atoms. The molecule has 28 valence electrons. The van der Waals surface area contributed by atoms with E-state index in [0.29, 0.717) is 0 Å². The van der Waals surface area contributed by atoms with Gasteiger partial charge in [-0.1, -0.05) is 0 Å². The molecule has 0 unspecified atom stereocenters. The molecule has 0 aromatic heterocycles. The van der Waals surface area contributed by atoms with Crippen LogP contribution in [0.2, 0.25) is 6.32 Å². The molecule has 0 saturated carbocycles. The van der Waals surface area contributed by atoms with E-state index in [-0.39, 0.29) is 0 Å². The van der Waals surface area contributed by atoms with E-state index in [4.69, 9.17) is 0 Å². The molecule has 0 N–H and O–H groups in total. The van der Waals surface area contributed by atoms with Gasteiger partial charge in [-0.05, 0) is 12.1 Å². The third-order valence-corrected chi connectivity index (χ3v) is 3.41. The van der Waals surface area contributed by atoms with E-state index in [0.717, 1.165) is 3.85 Å². The van der Waals surface area contributed by atoms with Gasteiger partial charge in [-0.15, -0.1) is 22.4 Å². The SMILES string of the molecule is IB1CCS1. The molecule has 1 saturated heterocycles. The summed E-state index contributed by atoms with van der Waals surface area (Å²) in [6.07, 6.45) is 1.44. The van der Waals surface area contributed by atoms with Gasteiger partial charge in [0.2, 0.25) is 0 Å². The second-order valence-electron chi connectivity index (χ2n) is 1.07. The number of hydrogen-bond acceptors (Lipinski definition) is 1. The molecule has 0 aromatic rings. The number of rotatable bonds is 0. The highest BCUT2D eigenvalue weighted by atomic mass is 127. The Morgan fingerprint density at radius 3 is 2.20 bits per heavy atom. The van der Waals surface area contributed by atoms with Crippen molar-refractivity contribution in [3.05, 3.63) is 0 Å². The lowest BCUT2D eigenvalue weighted by Gasteiger charge is -2.12. The first kappa shape index (κ1) is 4.31. The molecule has 5 heavy (non-hydrogen) atoms. The van der Waals surface area contributed by atoms with Crippen LogP contribution in [0.3, 0.4) is 0 Å². The summed E-state index contributed by atoms with van der Waals surface area (Å²) < 4.78 is 0.951. The Balaban J connectivity index is 2.08. The topological polar surface area (TPSA) is 0 Å². The van der Waals surface area contributed by atoms with Gasteiger partial charge in [0.05, 0.1) is 0 Å². The first-order chi connectivity index (χ1) is 2.39. The second-order valence-corrected chi connectivity index (χ2v) is 4.73. The Labute approximate surface area is 49.9 Å². The zero-order valence-corrected chi connectivity index (χ0v) is 5.75. The molecule has 1 rings (SSSR count). The molecule has 0 radical (unpaired) electrons. The maximum absolute atomic E-state index is 2.46. The third-order valence-electron chi connectivity index (χ3n) is 0.644. The van der Waals surface area contributed by atoms with Crippen molar-refractivity contribution in [2.45, 2.75) is 6.32 Å². The van der Waals surface area contributed by atoms with Crippen molar-refractivity contribution in [2.75, 3.05) is 5.75 Å². The lowest BCUT2D eigenvalue weighted by molar-refractivity contribution is 1.47. The Morgan fingerprint density at radius 2 is 2.20 bits per heavy atom. The van der Waals surface area contributed by atoms with Crippen molar-refractivity contribution >= 4 is 37.8 Å². The molecule has 0 aromatic carbocycles. The fourth-order valence-electron chi connectivity index (χ4n) is 0.207. The predicted molar refractivity (Wildman–Crippen MR) is 37.0 cm³/mol. The molecule has 0 atom stereocenters. The Kier molecular flexibility index (Phi) is 1.49. The van der Waals surface area contributed by atoms with Crippen molar-refractivity contribution < 1.29 is 0 Å². The quantitative estimate of drug-likeness (QED) is 0.421. The Morgan fingerprint density at radius 1 is 1.80 bits per heavy atom. The zero-order valence-electron chi connectivity index (χ0n) is 2.78. The predicted octanol–water partition coefficient (Wildman–Crippen LogP) is 1.66. The molecular formula is C2H4BIS. The minimum Gasteiger partial charge on any atom is -0.196 e. The van der Waals surface area contributed by atoms with Crippen LogP contribution in [-0.2, 0) is 0 Å². The summed E-state index contributed by atoms with van der Waals surface area (Å²) >= 11 is 4.50. The van der Waals surface area contributed by atoms with Gasteiger partial charge in [0.25, 0.3) is 3.85 Å². The summed E-state index contributed by atoms with van der Waals surface area (Å²) in [5.74, 6) is 1.40. The zero-order chi connectivity index (χ0) is 3.70. The van der Waals surface area contributed by atoms with Crippen LogP contribution in [-0.4, -0.2) is 9.60 Å². The van der Waals surface area contributed by atoms with E-state index in [2.05, 4.69) is 22.4 Å². The monoisotopic (exact) mass is 198 g/mol. The van der Waals surface area contributed by atoms with Crippen molar-refractivity contribution in [3.8, 4) is 0 Å². The van der Waals surface area contributed by atoms with E-state index in [1.807, 2.05) is 11.6 Å². The standard InChI is InChI=1S/C2H4BIS/c4-3-1-2-5-3/h1-2H2. The minimum absolute atomic E-state index is 0.951. The highest BCUT2D eigenvalue weighted by Gasteiger charge is 2.17. The molecular weight excluding hydrogens is 194 g/mol. The first-order valence-electron chi connectivity index (χ1n) is 1.65. The first-order valence-corrected chi connectivity index (χ1v) is 3.95. The fraction of sp³-hybridized carbons (Fsp3) is 1.00. The molecule has 1 fully saturated rings. The van der Waals surface area contributed by atoms with Crippen LogP contribution in [0.15, 0.2) is 0 Å². The van der Waals surface area contributed by atoms with Gasteiger partial charge in [-0.3, -0.25) is 0 Å². The molecule has 3 heteroatoms. The van der Waals surface area contributed by atoms with Crippen molar-refractivity contribution in [2.24, 2.45) is 0 Å². The van der Waals surface area contributed by atoms with Gasteiger partial charge in [0, 0.05) is 0 Å². The van der Waals surface area contributed by atoms with E-state index < -0.39 is 0 Å². The van der Waals surface area contributed by atoms with Gasteiger partial charge in [-0.25, -0.2) is 0 Å². The lowest BCUT2D eigenvalue weighted by atomic mass is 10.0. The Bertz CT molecular complexity index is 36.6. The second kappa shape index (κ2) is 1.73. The molecule has 1 heterocycles. The van der Waals surface area contributed by atoms with E-state index in [1.54, 1.807) is 0 Å². The maximum Gasteiger partial charge on any atom is 0.282 e. The van der Waals surface area contributed by atoms with Gasteiger partial charge >= 0.3 is 0 Å². The third kappa shape index (κ3) is 0.997. The Hall–Kier alpha value is 1.14. The van der Waals surface area contributed by atoms with Crippen molar-refractivity contribution in [1.29, 1.82) is 0 Å². The number of hydrogen-bond donors (Lipinski definition) is 0. The van der Waals surface area contributed by atoms with Crippen molar-refractivity contribution in [1.82, 2.24) is 0 Å². The molecule has 0 aliphatic carbocycles. The minimum atomic E-state index is 0.951. The summed E-state index contributed by atoms with van der Waals surface area (Å²) in [4.78, 5) is 0. The van der Waals surface area contributed by atoms with Crippen LogP contribution < -0.4 is 0 Å². The summed E-state index contributed by atoms with van der Waals surface area (Å²) in [6, 6.07) is 0. The molecule has 0 amide bonds. The average molecular weight is 198 g/mol. The summed E-state index contributed by atoms with van der Waals surface area (Å²) in [6.45, 7) is 0. The van der Waals surface area contributed by atoms with Crippen LogP contribution in [0.4, 0.5) is 0 Å². The van der Waals surface area contributed by atoms with Crippen LogP contribution in [0, 0.1) is 0 Å². The summed E-state index contributed by atoms with van der Waals surface area (Å²) in [5.41, 5.74) is 0. The molecule has 0 nitrogen and oxygen atoms in total. The summed E-state index contributed by atoms with van der Waals surface area (Å²) in [5, 5.41) is 0. The number of halogens is 1. The lowest BCUT2D eigenvalue weighted by Crippen LogP contribution is -2.09. The fourth-order valence-corrected chi connectivity index (χ4v) is 2.15.